The van der Waals surface area contributed by atoms with Crippen LogP contribution in [0.2, 0.25) is 0 Å². The van der Waals surface area contributed by atoms with Gasteiger partial charge in [0.1, 0.15) is 0 Å². The summed E-state index contributed by atoms with van der Waals surface area (Å²) in [6.07, 6.45) is 7.21. The first-order chi connectivity index (χ1) is 14.9. The zero-order valence-electron chi connectivity index (χ0n) is 15.7. The molecule has 0 radical (unpaired) electrons. The van der Waals surface area contributed by atoms with Crippen molar-refractivity contribution in [2.45, 2.75) is 0 Å². The van der Waals surface area contributed by atoms with Gasteiger partial charge in [0.25, 0.3) is 0 Å². The first-order valence-electron chi connectivity index (χ1n) is 9.18. The third-order valence-corrected chi connectivity index (χ3v) is 4.69. The smallest absolute Gasteiger partial charge is 0.0964 e. The molecule has 6 rings (SSSR count). The van der Waals surface area contributed by atoms with E-state index in [2.05, 4.69) is 81.2 Å². The van der Waals surface area contributed by atoms with Gasteiger partial charge >= 0.3 is 33.1 Å². The molecule has 0 bridgehead atoms. The van der Waals surface area contributed by atoms with Gasteiger partial charge in [0.15, 0.2) is 0 Å². The van der Waals surface area contributed by atoms with E-state index in [1.807, 2.05) is 24.3 Å². The topological polar surface area (TPSA) is 51.6 Å². The summed E-state index contributed by atoms with van der Waals surface area (Å²) in [6.45, 7) is 0. The molecule has 6 aromatic rings. The maximum absolute atomic E-state index is 4.35. The van der Waals surface area contributed by atoms with Crippen LogP contribution in [0.5, 0.6) is 0 Å². The molecular formula is C24H16CuIN4. The van der Waals surface area contributed by atoms with Gasteiger partial charge in [-0.1, -0.05) is 48.5 Å². The molecule has 4 aromatic heterocycles. The Balaban J connectivity index is 0.000000134. The number of rotatable bonds is 0. The first kappa shape index (κ1) is 20.6. The first-order valence-corrected chi connectivity index (χ1v) is 12.2. The Hall–Kier alpha value is -2.67. The second kappa shape index (κ2) is 9.89. The number of halogens is 1. The van der Waals surface area contributed by atoms with Crippen LogP contribution in [-0.2, 0) is 12.8 Å². The second-order valence-electron chi connectivity index (χ2n) is 6.43. The Morgan fingerprint density at radius 2 is 0.633 bits per heavy atom. The molecule has 6 heteroatoms. The summed E-state index contributed by atoms with van der Waals surface area (Å²) in [6, 6.07) is 24.3. The van der Waals surface area contributed by atoms with Crippen molar-refractivity contribution in [3.63, 3.8) is 0 Å². The molecule has 150 valence electrons. The third kappa shape index (κ3) is 4.26. The Kier molecular flexibility index (Phi) is 6.79. The molecule has 0 N–H and O–H groups in total. The maximum atomic E-state index is 4.35. The van der Waals surface area contributed by atoms with Crippen molar-refractivity contribution in [1.29, 1.82) is 0 Å². The second-order valence-corrected chi connectivity index (χ2v) is 6.43. The molecule has 2 aromatic carbocycles. The van der Waals surface area contributed by atoms with Crippen molar-refractivity contribution in [3.8, 4) is 0 Å². The van der Waals surface area contributed by atoms with Gasteiger partial charge in [0.05, 0.1) is 22.1 Å². The summed E-state index contributed by atoms with van der Waals surface area (Å²) in [5.74, 6) is 0. The maximum Gasteiger partial charge on any atom is 0.0964 e. The summed E-state index contributed by atoms with van der Waals surface area (Å²) in [4.78, 5) is 17.4. The standard InChI is InChI=1S/2C12H8N2.Cu.HI/c2*1-3-9-5-6-10-4-2-8-14-12(10)11(9)13-7-1;;/h2*1-8H;;1H/q;;+1;/p-1. The zero-order chi connectivity index (χ0) is 20.8. The zero-order valence-corrected chi connectivity index (χ0v) is 18.8. The molecule has 0 fully saturated rings. The molecule has 0 atom stereocenters. The number of pyridine rings is 4. The normalized spacial score (nSPS) is 10.4. The van der Waals surface area contributed by atoms with E-state index in [0.717, 1.165) is 43.6 Å². The summed E-state index contributed by atoms with van der Waals surface area (Å²) in [5, 5.41) is 4.55. The van der Waals surface area contributed by atoms with E-state index >= 15 is 0 Å². The molecule has 0 aliphatic heterocycles. The molecular weight excluding hydrogens is 535 g/mol. The van der Waals surface area contributed by atoms with Crippen LogP contribution in [0.1, 0.15) is 0 Å². The number of nitrogens with zero attached hydrogens (tertiary/aromatic N) is 4. The molecule has 0 saturated heterocycles. The third-order valence-electron chi connectivity index (χ3n) is 4.69. The van der Waals surface area contributed by atoms with E-state index < -0.39 is 0 Å². The Morgan fingerprint density at radius 3 is 0.867 bits per heavy atom. The van der Waals surface area contributed by atoms with Crippen molar-refractivity contribution in [1.82, 2.24) is 19.9 Å². The Labute approximate surface area is 193 Å². The van der Waals surface area contributed by atoms with Crippen LogP contribution in [0.4, 0.5) is 0 Å². The minimum atomic E-state index is 0.977. The number of fused-ring (bicyclic) bond motifs is 6. The van der Waals surface area contributed by atoms with Gasteiger partial charge in [-0.3, -0.25) is 19.9 Å². The molecule has 4 nitrogen and oxygen atoms in total. The Bertz CT molecular complexity index is 1220. The predicted octanol–water partition coefficient (Wildman–Crippen LogP) is 6.45. The van der Waals surface area contributed by atoms with E-state index in [1.54, 1.807) is 45.1 Å². The minimum Gasteiger partial charge on any atom is -0.254 e. The number of hydrogen-bond donors (Lipinski definition) is 0. The molecule has 0 saturated carbocycles. The fourth-order valence-electron chi connectivity index (χ4n) is 3.36. The molecule has 0 unspecified atom stereocenters. The molecule has 0 amide bonds. The van der Waals surface area contributed by atoms with Crippen LogP contribution >= 0.6 is 20.3 Å². The average molecular weight is 551 g/mol. The number of aromatic nitrogens is 4. The van der Waals surface area contributed by atoms with Crippen molar-refractivity contribution in [3.05, 3.63) is 97.6 Å². The van der Waals surface area contributed by atoms with E-state index in [1.165, 1.54) is 0 Å². The predicted molar refractivity (Wildman–Crippen MR) is 128 cm³/mol. The number of benzene rings is 2. The van der Waals surface area contributed by atoms with Gasteiger partial charge in [-0.15, -0.1) is 0 Å². The summed E-state index contributed by atoms with van der Waals surface area (Å²) in [5.41, 5.74) is 3.91. The van der Waals surface area contributed by atoms with Gasteiger partial charge in [0.2, 0.25) is 0 Å². The molecule has 0 aliphatic rings. The van der Waals surface area contributed by atoms with E-state index in [0.29, 0.717) is 0 Å². The van der Waals surface area contributed by atoms with Crippen LogP contribution in [0, 0.1) is 0 Å². The quantitative estimate of drug-likeness (QED) is 0.124. The van der Waals surface area contributed by atoms with Crippen LogP contribution in [0.3, 0.4) is 0 Å². The van der Waals surface area contributed by atoms with E-state index in [4.69, 9.17) is 0 Å². The van der Waals surface area contributed by atoms with E-state index in [-0.39, 0.29) is 0 Å². The van der Waals surface area contributed by atoms with Crippen molar-refractivity contribution in [2.75, 3.05) is 0 Å². The van der Waals surface area contributed by atoms with Crippen LogP contribution in [0.25, 0.3) is 43.6 Å². The average Bonchev–Trinajstić information content (AvgIpc) is 2.85. The van der Waals surface area contributed by atoms with Gasteiger partial charge in [0, 0.05) is 46.3 Å². The molecule has 0 aliphatic carbocycles. The van der Waals surface area contributed by atoms with Gasteiger partial charge in [-0.25, -0.2) is 0 Å². The number of hydrogen-bond acceptors (Lipinski definition) is 4. The van der Waals surface area contributed by atoms with Gasteiger partial charge < -0.3 is 0 Å². The SMILES string of the molecule is [Cu][I].c1cnc2c(c1)ccc1cccnc12.c1cnc2c(c1)ccc1cccnc12. The van der Waals surface area contributed by atoms with Gasteiger partial charge in [-0.2, -0.15) is 0 Å². The summed E-state index contributed by atoms with van der Waals surface area (Å²) >= 11 is 5.87. The van der Waals surface area contributed by atoms with E-state index in [9.17, 15) is 0 Å². The van der Waals surface area contributed by atoms with Crippen LogP contribution in [-0.4, -0.2) is 19.9 Å². The summed E-state index contributed by atoms with van der Waals surface area (Å²) < 4.78 is 0. The van der Waals surface area contributed by atoms with Crippen molar-refractivity contribution >= 4 is 64.0 Å². The largest absolute Gasteiger partial charge is 0.254 e. The molecule has 0 spiro atoms. The molecule has 4 heterocycles. The van der Waals surface area contributed by atoms with Gasteiger partial charge in [-0.05, 0) is 24.3 Å². The molecule has 30 heavy (non-hydrogen) atoms. The van der Waals surface area contributed by atoms with Crippen molar-refractivity contribution in [2.24, 2.45) is 0 Å². The van der Waals surface area contributed by atoms with Crippen molar-refractivity contribution < 1.29 is 12.8 Å². The fourth-order valence-corrected chi connectivity index (χ4v) is 3.36. The van der Waals surface area contributed by atoms with Crippen LogP contribution in [0.15, 0.2) is 97.6 Å². The minimum absolute atomic E-state index is 0.977. The fraction of sp³-hybridized carbons (Fsp3) is 0. The Morgan fingerprint density at radius 1 is 0.400 bits per heavy atom. The van der Waals surface area contributed by atoms with Crippen LogP contribution < -0.4 is 0 Å². The monoisotopic (exact) mass is 550 g/mol. The summed E-state index contributed by atoms with van der Waals surface area (Å²) in [7, 11) is 0.